The van der Waals surface area contributed by atoms with E-state index in [-0.39, 0.29) is 29.5 Å². The zero-order chi connectivity index (χ0) is 28.0. The third kappa shape index (κ3) is 3.44. The molecule has 0 radical (unpaired) electrons. The predicted octanol–water partition coefficient (Wildman–Crippen LogP) is 3.82. The number of hydrogen-bond acceptors (Lipinski definition) is 8. The van der Waals surface area contributed by atoms with Gasteiger partial charge in [0, 0.05) is 47.7 Å². The van der Waals surface area contributed by atoms with Crippen molar-refractivity contribution in [3.63, 3.8) is 0 Å². The molecule has 8 nitrogen and oxygen atoms in total. The minimum absolute atomic E-state index is 0.0503. The van der Waals surface area contributed by atoms with E-state index in [2.05, 4.69) is 19.9 Å². The fourth-order valence-electron chi connectivity index (χ4n) is 9.09. The molecular weight excluding hydrogens is 488 g/mol. The second kappa shape index (κ2) is 8.38. The molecule has 4 aliphatic carbocycles. The van der Waals surface area contributed by atoms with Crippen LogP contribution in [0.15, 0.2) is 35.5 Å². The number of aliphatic hydroxyl groups excluding tert-OH is 1. The van der Waals surface area contributed by atoms with Crippen LogP contribution in [-0.2, 0) is 33.4 Å². The van der Waals surface area contributed by atoms with Gasteiger partial charge in [-0.3, -0.25) is 14.4 Å². The molecule has 2 saturated carbocycles. The Bertz CT molecular complexity index is 1210. The smallest absolute Gasteiger partial charge is 0.333 e. The van der Waals surface area contributed by atoms with Crippen molar-refractivity contribution in [1.29, 1.82) is 0 Å². The second-order valence-electron chi connectivity index (χ2n) is 13.0. The van der Waals surface area contributed by atoms with Crippen LogP contribution in [0.3, 0.4) is 0 Å². The number of carbonyl (C=O) groups excluding carboxylic acids is 4. The molecule has 9 atom stereocenters. The van der Waals surface area contributed by atoms with Crippen LogP contribution in [0.2, 0.25) is 0 Å². The molecule has 2 fully saturated rings. The van der Waals surface area contributed by atoms with E-state index in [1.165, 1.54) is 19.9 Å². The number of esters is 3. The van der Waals surface area contributed by atoms with E-state index >= 15 is 0 Å². The summed E-state index contributed by atoms with van der Waals surface area (Å²) in [4.78, 5) is 49.9. The lowest BCUT2D eigenvalue weighted by atomic mass is 9.38. The van der Waals surface area contributed by atoms with Crippen molar-refractivity contribution in [1.82, 2.24) is 0 Å². The Labute approximate surface area is 223 Å². The van der Waals surface area contributed by atoms with Crippen molar-refractivity contribution in [2.24, 2.45) is 39.4 Å². The van der Waals surface area contributed by atoms with Gasteiger partial charge < -0.3 is 19.3 Å². The summed E-state index contributed by atoms with van der Waals surface area (Å²) in [6.07, 6.45) is 6.23. The number of allylic oxidation sites excluding steroid dienone is 3. The summed E-state index contributed by atoms with van der Waals surface area (Å²) in [6.45, 7) is 13.0. The van der Waals surface area contributed by atoms with E-state index in [1.54, 1.807) is 6.08 Å². The van der Waals surface area contributed by atoms with Crippen LogP contribution in [0, 0.1) is 39.4 Å². The maximum absolute atomic E-state index is 13.0. The molecule has 1 heterocycles. The van der Waals surface area contributed by atoms with Crippen molar-refractivity contribution in [2.75, 3.05) is 0 Å². The molecule has 0 unspecified atom stereocenters. The van der Waals surface area contributed by atoms with Crippen LogP contribution >= 0.6 is 0 Å². The van der Waals surface area contributed by atoms with Gasteiger partial charge in [0.15, 0.2) is 5.78 Å². The first-order chi connectivity index (χ1) is 17.6. The standard InChI is InChI=1S/C30H38O8/c1-15(31)36-23-14-21-28(5)11-10-22(33)27(3,4)20(28)13-24(37-16(2)32)30(21,7)19-9-8-18(29(19,23)6)17-12-25(34)38-26(17)35/h9-12,18,20-21,23-24,26,35H,8,13-14H2,1-7H3/t18-,20-,21+,23-,24-,26+,28-,29-,30-/m0/s1. The summed E-state index contributed by atoms with van der Waals surface area (Å²) in [5.41, 5.74) is -1.05. The first kappa shape index (κ1) is 26.9. The first-order valence-electron chi connectivity index (χ1n) is 13.5. The van der Waals surface area contributed by atoms with Gasteiger partial charge in [-0.2, -0.15) is 0 Å². The normalized spacial score (nSPS) is 44.7. The highest BCUT2D eigenvalue weighted by Crippen LogP contribution is 2.73. The van der Waals surface area contributed by atoms with Crippen molar-refractivity contribution < 1.29 is 38.5 Å². The van der Waals surface area contributed by atoms with Crippen LogP contribution in [0.25, 0.3) is 0 Å². The molecule has 5 rings (SSSR count). The van der Waals surface area contributed by atoms with E-state index in [0.29, 0.717) is 24.8 Å². The molecule has 5 aliphatic rings. The van der Waals surface area contributed by atoms with Crippen molar-refractivity contribution >= 4 is 23.7 Å². The topological polar surface area (TPSA) is 116 Å². The number of fused-ring (bicyclic) bond motifs is 5. The highest BCUT2D eigenvalue weighted by Gasteiger charge is 2.71. The third-order valence-corrected chi connectivity index (χ3v) is 10.8. The minimum Gasteiger partial charge on any atom is -0.462 e. The van der Waals surface area contributed by atoms with Crippen LogP contribution < -0.4 is 0 Å². The summed E-state index contributed by atoms with van der Waals surface area (Å²) in [5.74, 6) is -1.91. The number of cyclic esters (lactones) is 1. The highest BCUT2D eigenvalue weighted by atomic mass is 16.6. The second-order valence-corrected chi connectivity index (χ2v) is 13.0. The zero-order valence-electron chi connectivity index (χ0n) is 23.2. The molecule has 0 spiro atoms. The zero-order valence-corrected chi connectivity index (χ0v) is 23.2. The summed E-state index contributed by atoms with van der Waals surface area (Å²) in [6, 6.07) is 0. The number of carbonyl (C=O) groups is 4. The van der Waals surface area contributed by atoms with Gasteiger partial charge in [-0.05, 0) is 42.6 Å². The number of aliphatic hydroxyl groups is 1. The Morgan fingerprint density at radius 2 is 1.53 bits per heavy atom. The van der Waals surface area contributed by atoms with E-state index in [0.717, 1.165) is 5.57 Å². The first-order valence-corrected chi connectivity index (χ1v) is 13.5. The molecule has 0 aromatic rings. The van der Waals surface area contributed by atoms with E-state index in [1.807, 2.05) is 26.8 Å². The summed E-state index contributed by atoms with van der Waals surface area (Å²) < 4.78 is 17.2. The van der Waals surface area contributed by atoms with Crippen LogP contribution in [0.5, 0.6) is 0 Å². The van der Waals surface area contributed by atoms with E-state index in [4.69, 9.17) is 14.2 Å². The molecule has 0 amide bonds. The molecular formula is C30H38O8. The quantitative estimate of drug-likeness (QED) is 0.335. The summed E-state index contributed by atoms with van der Waals surface area (Å²) in [7, 11) is 0. The fraction of sp³-hybridized carbons (Fsp3) is 0.667. The van der Waals surface area contributed by atoms with Gasteiger partial charge in [-0.1, -0.05) is 52.3 Å². The van der Waals surface area contributed by atoms with Crippen molar-refractivity contribution in [3.05, 3.63) is 35.5 Å². The maximum Gasteiger partial charge on any atom is 0.333 e. The lowest BCUT2D eigenvalue weighted by Gasteiger charge is -2.67. The average Bonchev–Trinajstić information content (AvgIpc) is 3.33. The van der Waals surface area contributed by atoms with E-state index < -0.39 is 52.1 Å². The number of rotatable bonds is 3. The SMILES string of the molecule is CC(=O)O[C@H]1C[C@@H]2[C@@]3(C)C=CC(=O)C(C)(C)[C@@H]3C[C@H](OC(C)=O)[C@@]2(C)C2=CC[C@@H](C3=CC(=O)O[C@H]3O)[C@@]21C. The molecule has 1 aliphatic heterocycles. The Kier molecular flexibility index (Phi) is 5.92. The monoisotopic (exact) mass is 526 g/mol. The maximum atomic E-state index is 13.0. The van der Waals surface area contributed by atoms with Crippen LogP contribution in [0.4, 0.5) is 0 Å². The van der Waals surface area contributed by atoms with Crippen molar-refractivity contribution in [3.8, 4) is 0 Å². The number of ether oxygens (including phenoxy) is 3. The molecule has 0 bridgehead atoms. The highest BCUT2D eigenvalue weighted by molar-refractivity contribution is 5.95. The Morgan fingerprint density at radius 1 is 0.947 bits per heavy atom. The Hall–Kier alpha value is -2.74. The lowest BCUT2D eigenvalue weighted by molar-refractivity contribution is -0.204. The third-order valence-electron chi connectivity index (χ3n) is 10.8. The van der Waals surface area contributed by atoms with Gasteiger partial charge in [0.05, 0.1) is 0 Å². The number of ketones is 1. The largest absolute Gasteiger partial charge is 0.462 e. The molecule has 0 aromatic heterocycles. The molecule has 0 saturated heterocycles. The average molecular weight is 527 g/mol. The van der Waals surface area contributed by atoms with Gasteiger partial charge in [0.25, 0.3) is 0 Å². The van der Waals surface area contributed by atoms with Gasteiger partial charge in [0.1, 0.15) is 12.2 Å². The molecule has 38 heavy (non-hydrogen) atoms. The van der Waals surface area contributed by atoms with E-state index in [9.17, 15) is 24.3 Å². The number of hydrogen-bond donors (Lipinski definition) is 1. The van der Waals surface area contributed by atoms with Gasteiger partial charge in [-0.15, -0.1) is 0 Å². The van der Waals surface area contributed by atoms with Gasteiger partial charge in [-0.25, -0.2) is 4.79 Å². The lowest BCUT2D eigenvalue weighted by Crippen LogP contribution is -2.67. The predicted molar refractivity (Wildman–Crippen MR) is 136 cm³/mol. The van der Waals surface area contributed by atoms with Crippen LogP contribution in [0.1, 0.15) is 67.7 Å². The molecule has 1 N–H and O–H groups in total. The van der Waals surface area contributed by atoms with Crippen LogP contribution in [-0.4, -0.2) is 47.3 Å². The summed E-state index contributed by atoms with van der Waals surface area (Å²) >= 11 is 0. The molecule has 8 heteroatoms. The van der Waals surface area contributed by atoms with Gasteiger partial charge >= 0.3 is 17.9 Å². The van der Waals surface area contributed by atoms with Gasteiger partial charge in [0.2, 0.25) is 6.29 Å². The minimum atomic E-state index is -1.36. The Balaban J connectivity index is 1.71. The van der Waals surface area contributed by atoms with Crippen molar-refractivity contribution in [2.45, 2.75) is 86.2 Å². The Morgan fingerprint density at radius 3 is 2.08 bits per heavy atom. The molecule has 206 valence electrons. The fourth-order valence-corrected chi connectivity index (χ4v) is 9.09. The molecule has 0 aromatic carbocycles. The summed E-state index contributed by atoms with van der Waals surface area (Å²) in [5, 5.41) is 10.6.